The molecular formula is C16H18N2O3. The fraction of sp³-hybridized carbons (Fsp3) is 0.188. The van der Waals surface area contributed by atoms with E-state index in [2.05, 4.69) is 10.6 Å². The number of ether oxygens (including phenoxy) is 2. The summed E-state index contributed by atoms with van der Waals surface area (Å²) in [6, 6.07) is 14.5. The topological polar surface area (TPSA) is 59.6 Å². The van der Waals surface area contributed by atoms with E-state index in [-0.39, 0.29) is 12.8 Å². The number of benzene rings is 2. The maximum absolute atomic E-state index is 11.8. The zero-order chi connectivity index (χ0) is 15.1. The summed E-state index contributed by atoms with van der Waals surface area (Å²) in [6.45, 7) is 1.99. The summed E-state index contributed by atoms with van der Waals surface area (Å²) in [5, 5.41) is 5.39. The average Bonchev–Trinajstić information content (AvgIpc) is 2.50. The highest BCUT2D eigenvalue weighted by Crippen LogP contribution is 2.25. The van der Waals surface area contributed by atoms with Crippen molar-refractivity contribution in [3.8, 4) is 11.5 Å². The largest absolute Gasteiger partial charge is 0.493 e. The quantitative estimate of drug-likeness (QED) is 0.830. The number of rotatable bonds is 5. The molecule has 0 aliphatic heterocycles. The number of hydrogen-bond donors (Lipinski definition) is 2. The zero-order valence-electron chi connectivity index (χ0n) is 12.1. The number of urea groups is 1. The number of nitrogens with one attached hydrogen (secondary N) is 2. The van der Waals surface area contributed by atoms with Crippen LogP contribution in [0.15, 0.2) is 48.5 Å². The van der Waals surface area contributed by atoms with Gasteiger partial charge in [0, 0.05) is 5.69 Å². The van der Waals surface area contributed by atoms with E-state index >= 15 is 0 Å². The lowest BCUT2D eigenvalue weighted by molar-refractivity contribution is 0.231. The maximum atomic E-state index is 11.8. The predicted molar refractivity (Wildman–Crippen MR) is 81.8 cm³/mol. The minimum absolute atomic E-state index is 0.0537. The fourth-order valence-electron chi connectivity index (χ4n) is 1.80. The molecule has 0 aliphatic carbocycles. The Morgan fingerprint density at radius 2 is 1.71 bits per heavy atom. The molecule has 110 valence electrons. The van der Waals surface area contributed by atoms with Gasteiger partial charge in [-0.25, -0.2) is 4.79 Å². The van der Waals surface area contributed by atoms with Crippen molar-refractivity contribution in [3.63, 3.8) is 0 Å². The van der Waals surface area contributed by atoms with Crippen LogP contribution in [-0.4, -0.2) is 19.9 Å². The summed E-state index contributed by atoms with van der Waals surface area (Å²) < 4.78 is 10.6. The predicted octanol–water partition coefficient (Wildman–Crippen LogP) is 3.16. The number of carbonyl (C=O) groups excluding carboxylic acids is 1. The Kier molecular flexibility index (Phi) is 5.04. The van der Waals surface area contributed by atoms with E-state index in [4.69, 9.17) is 9.47 Å². The first kappa shape index (κ1) is 14.7. The number of amides is 2. The molecule has 2 rings (SSSR count). The van der Waals surface area contributed by atoms with E-state index in [0.29, 0.717) is 11.5 Å². The highest BCUT2D eigenvalue weighted by molar-refractivity contribution is 5.89. The van der Waals surface area contributed by atoms with E-state index < -0.39 is 0 Å². The summed E-state index contributed by atoms with van der Waals surface area (Å²) in [7, 11) is 1.57. The van der Waals surface area contributed by atoms with Gasteiger partial charge in [-0.15, -0.1) is 0 Å². The van der Waals surface area contributed by atoms with Crippen molar-refractivity contribution in [2.24, 2.45) is 0 Å². The first-order valence-corrected chi connectivity index (χ1v) is 6.57. The summed E-state index contributed by atoms with van der Waals surface area (Å²) in [5.74, 6) is 1.20. The van der Waals surface area contributed by atoms with Crippen LogP contribution in [-0.2, 0) is 0 Å². The summed E-state index contributed by atoms with van der Waals surface area (Å²) in [6.07, 6.45) is 0. The number of para-hydroxylation sites is 3. The van der Waals surface area contributed by atoms with Crippen LogP contribution in [0.25, 0.3) is 0 Å². The third-order valence-electron chi connectivity index (χ3n) is 2.92. The van der Waals surface area contributed by atoms with Gasteiger partial charge in [0.25, 0.3) is 0 Å². The summed E-state index contributed by atoms with van der Waals surface area (Å²) >= 11 is 0. The molecule has 0 aromatic heterocycles. The first-order valence-electron chi connectivity index (χ1n) is 6.57. The Hall–Kier alpha value is -2.69. The number of anilines is 1. The Morgan fingerprint density at radius 3 is 2.43 bits per heavy atom. The Morgan fingerprint density at radius 1 is 1.05 bits per heavy atom. The van der Waals surface area contributed by atoms with Crippen molar-refractivity contribution in [3.05, 3.63) is 54.1 Å². The van der Waals surface area contributed by atoms with Gasteiger partial charge in [0.2, 0.25) is 0 Å². The molecular weight excluding hydrogens is 268 g/mol. The van der Waals surface area contributed by atoms with E-state index in [9.17, 15) is 4.79 Å². The van der Waals surface area contributed by atoms with Gasteiger partial charge >= 0.3 is 6.03 Å². The average molecular weight is 286 g/mol. The molecule has 0 saturated heterocycles. The van der Waals surface area contributed by atoms with Crippen molar-refractivity contribution < 1.29 is 14.3 Å². The molecule has 5 heteroatoms. The highest BCUT2D eigenvalue weighted by atomic mass is 16.5. The third kappa shape index (κ3) is 4.14. The second-order valence-electron chi connectivity index (χ2n) is 4.39. The van der Waals surface area contributed by atoms with Crippen molar-refractivity contribution in [2.75, 3.05) is 19.2 Å². The second kappa shape index (κ2) is 7.19. The van der Waals surface area contributed by atoms with Gasteiger partial charge in [0.15, 0.2) is 18.2 Å². The van der Waals surface area contributed by atoms with Crippen LogP contribution in [0.5, 0.6) is 11.5 Å². The van der Waals surface area contributed by atoms with Crippen molar-refractivity contribution in [1.29, 1.82) is 0 Å². The van der Waals surface area contributed by atoms with Crippen LogP contribution in [0.3, 0.4) is 0 Å². The van der Waals surface area contributed by atoms with Gasteiger partial charge < -0.3 is 20.1 Å². The van der Waals surface area contributed by atoms with Crippen LogP contribution < -0.4 is 20.1 Å². The highest BCUT2D eigenvalue weighted by Gasteiger charge is 2.05. The summed E-state index contributed by atoms with van der Waals surface area (Å²) in [5.41, 5.74) is 1.77. The molecule has 0 heterocycles. The second-order valence-corrected chi connectivity index (χ2v) is 4.39. The van der Waals surface area contributed by atoms with E-state index in [1.807, 2.05) is 43.3 Å². The molecule has 0 fully saturated rings. The van der Waals surface area contributed by atoms with E-state index in [0.717, 1.165) is 11.3 Å². The molecule has 0 radical (unpaired) electrons. The smallest absolute Gasteiger partial charge is 0.321 e. The number of methoxy groups -OCH3 is 1. The lowest BCUT2D eigenvalue weighted by Gasteiger charge is -2.12. The van der Waals surface area contributed by atoms with Crippen LogP contribution in [0.1, 0.15) is 5.56 Å². The molecule has 2 aromatic rings. The van der Waals surface area contributed by atoms with Gasteiger partial charge in [-0.05, 0) is 30.7 Å². The van der Waals surface area contributed by atoms with Gasteiger partial charge in [-0.2, -0.15) is 0 Å². The molecule has 2 N–H and O–H groups in total. The molecule has 5 nitrogen and oxygen atoms in total. The molecule has 2 aromatic carbocycles. The number of aryl methyl sites for hydroxylation is 1. The Bertz CT molecular complexity index is 614. The van der Waals surface area contributed by atoms with Crippen LogP contribution in [0.4, 0.5) is 10.5 Å². The SMILES string of the molecule is COc1ccccc1OCNC(=O)Nc1ccccc1C. The van der Waals surface area contributed by atoms with Crippen LogP contribution in [0, 0.1) is 6.92 Å². The molecule has 0 spiro atoms. The fourth-order valence-corrected chi connectivity index (χ4v) is 1.80. The molecule has 2 amide bonds. The number of hydrogen-bond acceptors (Lipinski definition) is 3. The molecule has 0 saturated carbocycles. The lowest BCUT2D eigenvalue weighted by Crippen LogP contribution is -2.32. The third-order valence-corrected chi connectivity index (χ3v) is 2.92. The van der Waals surface area contributed by atoms with Gasteiger partial charge in [-0.1, -0.05) is 30.3 Å². The van der Waals surface area contributed by atoms with Gasteiger partial charge in [0.1, 0.15) is 0 Å². The molecule has 21 heavy (non-hydrogen) atoms. The Labute approximate surface area is 123 Å². The molecule has 0 bridgehead atoms. The van der Waals surface area contributed by atoms with E-state index in [1.165, 1.54) is 0 Å². The normalized spacial score (nSPS) is 9.81. The lowest BCUT2D eigenvalue weighted by atomic mass is 10.2. The standard InChI is InChI=1S/C16H18N2O3/c1-12-7-3-4-8-13(12)18-16(19)17-11-21-15-10-6-5-9-14(15)20-2/h3-10H,11H2,1-2H3,(H2,17,18,19). The van der Waals surface area contributed by atoms with Crippen molar-refractivity contribution in [2.45, 2.75) is 6.92 Å². The van der Waals surface area contributed by atoms with Crippen LogP contribution in [0.2, 0.25) is 0 Å². The molecule has 0 unspecified atom stereocenters. The van der Waals surface area contributed by atoms with Crippen LogP contribution >= 0.6 is 0 Å². The maximum Gasteiger partial charge on any atom is 0.321 e. The van der Waals surface area contributed by atoms with Gasteiger partial charge in [-0.3, -0.25) is 0 Å². The van der Waals surface area contributed by atoms with Crippen molar-refractivity contribution in [1.82, 2.24) is 5.32 Å². The molecule has 0 aliphatic rings. The summed E-state index contributed by atoms with van der Waals surface area (Å²) in [4.78, 5) is 11.8. The minimum atomic E-state index is -0.320. The monoisotopic (exact) mass is 286 g/mol. The van der Waals surface area contributed by atoms with Crippen molar-refractivity contribution >= 4 is 11.7 Å². The first-order chi connectivity index (χ1) is 10.2. The van der Waals surface area contributed by atoms with Gasteiger partial charge in [0.05, 0.1) is 7.11 Å². The zero-order valence-corrected chi connectivity index (χ0v) is 12.1. The molecule has 0 atom stereocenters. The van der Waals surface area contributed by atoms with E-state index in [1.54, 1.807) is 19.2 Å². The Balaban J connectivity index is 1.83. The number of carbonyl (C=O) groups is 1. The minimum Gasteiger partial charge on any atom is -0.493 e.